The maximum Gasteiger partial charge on any atom is 0.307 e. The molecular weight excluding hydrogens is 410 g/mol. The predicted octanol–water partition coefficient (Wildman–Crippen LogP) is 3.72. The van der Waals surface area contributed by atoms with Crippen molar-refractivity contribution in [3.05, 3.63) is 59.0 Å². The van der Waals surface area contributed by atoms with Gasteiger partial charge in [0.15, 0.2) is 11.5 Å². The molecule has 1 aliphatic heterocycles. The Labute approximate surface area is 187 Å². The molecule has 1 aliphatic rings. The van der Waals surface area contributed by atoms with E-state index in [0.29, 0.717) is 29.8 Å². The molecule has 4 rings (SSSR count). The van der Waals surface area contributed by atoms with Crippen LogP contribution in [0.3, 0.4) is 0 Å². The molecule has 0 saturated heterocycles. The highest BCUT2D eigenvalue weighted by atomic mass is 16.5. The number of carbonyl (C=O) groups excluding carboxylic acids is 1. The number of fused-ring (bicyclic) bond motifs is 1. The number of carbonyl (C=O) groups is 1. The number of hydrogen-bond acceptors (Lipinski definition) is 8. The molecular formula is C24H27N3O5. The number of aryl methyl sites for hydroxylation is 1. The van der Waals surface area contributed by atoms with Gasteiger partial charge in [-0.05, 0) is 36.6 Å². The zero-order valence-corrected chi connectivity index (χ0v) is 18.8. The summed E-state index contributed by atoms with van der Waals surface area (Å²) in [5.41, 5.74) is 4.20. The molecule has 0 spiro atoms. The average molecular weight is 437 g/mol. The van der Waals surface area contributed by atoms with Crippen LogP contribution < -0.4 is 9.47 Å². The molecule has 8 heteroatoms. The lowest BCUT2D eigenvalue weighted by Crippen LogP contribution is -2.36. The van der Waals surface area contributed by atoms with Gasteiger partial charge < -0.3 is 18.7 Å². The molecule has 1 aromatic heterocycles. The van der Waals surface area contributed by atoms with Crippen molar-refractivity contribution in [2.24, 2.45) is 0 Å². The maximum atomic E-state index is 12.2. The van der Waals surface area contributed by atoms with Crippen molar-refractivity contribution in [2.45, 2.75) is 32.4 Å². The number of nitrogens with zero attached hydrogens (tertiary/aromatic N) is 3. The van der Waals surface area contributed by atoms with Crippen LogP contribution in [-0.4, -0.2) is 48.9 Å². The summed E-state index contributed by atoms with van der Waals surface area (Å²) in [7, 11) is 4.62. The second-order valence-electron chi connectivity index (χ2n) is 7.80. The third-order valence-corrected chi connectivity index (χ3v) is 5.82. The number of rotatable bonds is 7. The fourth-order valence-corrected chi connectivity index (χ4v) is 4.06. The van der Waals surface area contributed by atoms with Gasteiger partial charge in [-0.1, -0.05) is 35.0 Å². The summed E-state index contributed by atoms with van der Waals surface area (Å²) < 4.78 is 21.5. The van der Waals surface area contributed by atoms with E-state index in [0.717, 1.165) is 29.7 Å². The molecule has 2 heterocycles. The lowest BCUT2D eigenvalue weighted by molar-refractivity contribution is -0.142. The molecule has 2 aromatic carbocycles. The number of hydrogen-bond donors (Lipinski definition) is 0. The SMILES string of the molecule is COC(=O)C[C@H]1c2cc(OC)c(OC)cc2CCN1Cc1nc(-c2ccc(C)cc2)no1. The van der Waals surface area contributed by atoms with Crippen LogP contribution in [-0.2, 0) is 22.5 Å². The van der Waals surface area contributed by atoms with Crippen molar-refractivity contribution in [3.8, 4) is 22.9 Å². The van der Waals surface area contributed by atoms with Gasteiger partial charge in [-0.25, -0.2) is 0 Å². The smallest absolute Gasteiger partial charge is 0.307 e. The largest absolute Gasteiger partial charge is 0.493 e. The molecule has 0 aliphatic carbocycles. The normalized spacial score (nSPS) is 15.8. The summed E-state index contributed by atoms with van der Waals surface area (Å²) in [5, 5.41) is 4.14. The van der Waals surface area contributed by atoms with Gasteiger partial charge in [0.25, 0.3) is 0 Å². The van der Waals surface area contributed by atoms with E-state index < -0.39 is 0 Å². The molecule has 0 bridgehead atoms. The first-order valence-electron chi connectivity index (χ1n) is 10.5. The summed E-state index contributed by atoms with van der Waals surface area (Å²) in [6.07, 6.45) is 1.00. The summed E-state index contributed by atoms with van der Waals surface area (Å²) >= 11 is 0. The molecule has 0 radical (unpaired) electrons. The molecule has 0 unspecified atom stereocenters. The molecule has 168 valence electrons. The Morgan fingerprint density at radius 2 is 1.84 bits per heavy atom. The highest BCUT2D eigenvalue weighted by Crippen LogP contribution is 2.40. The molecule has 0 amide bonds. The van der Waals surface area contributed by atoms with E-state index in [2.05, 4.69) is 15.0 Å². The first-order chi connectivity index (χ1) is 15.5. The van der Waals surface area contributed by atoms with E-state index in [1.54, 1.807) is 14.2 Å². The minimum atomic E-state index is -0.284. The van der Waals surface area contributed by atoms with Crippen LogP contribution in [0.15, 0.2) is 40.9 Å². The Kier molecular flexibility index (Phi) is 6.41. The van der Waals surface area contributed by atoms with E-state index in [1.165, 1.54) is 12.7 Å². The Hall–Kier alpha value is -3.39. The summed E-state index contributed by atoms with van der Waals surface area (Å²) in [6, 6.07) is 11.7. The van der Waals surface area contributed by atoms with Crippen LogP contribution in [0.5, 0.6) is 11.5 Å². The van der Waals surface area contributed by atoms with Gasteiger partial charge in [-0.15, -0.1) is 0 Å². The maximum absolute atomic E-state index is 12.2. The van der Waals surface area contributed by atoms with Crippen molar-refractivity contribution >= 4 is 5.97 Å². The summed E-state index contributed by atoms with van der Waals surface area (Å²) in [4.78, 5) is 19.0. The molecule has 0 fully saturated rings. The van der Waals surface area contributed by atoms with Gasteiger partial charge in [0.2, 0.25) is 11.7 Å². The fraction of sp³-hybridized carbons (Fsp3) is 0.375. The van der Waals surface area contributed by atoms with E-state index in [-0.39, 0.29) is 18.4 Å². The van der Waals surface area contributed by atoms with Crippen LogP contribution in [0.25, 0.3) is 11.4 Å². The molecule has 1 atom stereocenters. The predicted molar refractivity (Wildman–Crippen MR) is 118 cm³/mol. The zero-order valence-electron chi connectivity index (χ0n) is 18.8. The molecule has 32 heavy (non-hydrogen) atoms. The van der Waals surface area contributed by atoms with Crippen molar-refractivity contribution in [3.63, 3.8) is 0 Å². The molecule has 8 nitrogen and oxygen atoms in total. The number of aromatic nitrogens is 2. The van der Waals surface area contributed by atoms with Crippen LogP contribution in [0.4, 0.5) is 0 Å². The number of methoxy groups -OCH3 is 3. The third kappa shape index (κ3) is 4.45. The van der Waals surface area contributed by atoms with E-state index in [1.807, 2.05) is 43.3 Å². The standard InChI is InChI=1S/C24H27N3O5/c1-15-5-7-16(8-6-15)24-25-22(32-26-24)14-27-10-9-17-11-20(29-2)21(30-3)12-18(17)19(27)13-23(28)31-4/h5-8,11-12,19H,9-10,13-14H2,1-4H3/t19-/m0/s1. The first kappa shape index (κ1) is 21.8. The molecule has 0 saturated carbocycles. The third-order valence-electron chi connectivity index (χ3n) is 5.82. The van der Waals surface area contributed by atoms with E-state index in [9.17, 15) is 4.79 Å². The number of benzene rings is 2. The zero-order chi connectivity index (χ0) is 22.7. The molecule has 3 aromatic rings. The van der Waals surface area contributed by atoms with Gasteiger partial charge in [-0.2, -0.15) is 4.98 Å². The van der Waals surface area contributed by atoms with Crippen molar-refractivity contribution in [1.29, 1.82) is 0 Å². The van der Waals surface area contributed by atoms with Crippen molar-refractivity contribution in [2.75, 3.05) is 27.9 Å². The second-order valence-corrected chi connectivity index (χ2v) is 7.80. The number of esters is 1. The van der Waals surface area contributed by atoms with Gasteiger partial charge in [0, 0.05) is 18.2 Å². The minimum absolute atomic E-state index is 0.206. The Balaban J connectivity index is 1.62. The van der Waals surface area contributed by atoms with Gasteiger partial charge in [-0.3, -0.25) is 9.69 Å². The first-order valence-corrected chi connectivity index (χ1v) is 10.5. The van der Waals surface area contributed by atoms with Crippen LogP contribution in [0.1, 0.15) is 35.0 Å². The Morgan fingerprint density at radius 3 is 2.53 bits per heavy atom. The van der Waals surface area contributed by atoms with Gasteiger partial charge in [0.1, 0.15) is 0 Å². The van der Waals surface area contributed by atoms with Crippen molar-refractivity contribution in [1.82, 2.24) is 15.0 Å². The fourth-order valence-electron chi connectivity index (χ4n) is 4.06. The van der Waals surface area contributed by atoms with E-state index >= 15 is 0 Å². The summed E-state index contributed by atoms with van der Waals surface area (Å²) in [6.45, 7) is 3.19. The highest BCUT2D eigenvalue weighted by molar-refractivity contribution is 5.70. The lowest BCUT2D eigenvalue weighted by Gasteiger charge is -2.36. The quantitative estimate of drug-likeness (QED) is 0.517. The summed E-state index contributed by atoms with van der Waals surface area (Å²) in [5.74, 6) is 2.07. The lowest BCUT2D eigenvalue weighted by atomic mass is 9.90. The van der Waals surface area contributed by atoms with Crippen LogP contribution in [0, 0.1) is 6.92 Å². The number of ether oxygens (including phenoxy) is 3. The Morgan fingerprint density at radius 1 is 1.12 bits per heavy atom. The van der Waals surface area contributed by atoms with Gasteiger partial charge >= 0.3 is 5.97 Å². The van der Waals surface area contributed by atoms with E-state index in [4.69, 9.17) is 18.7 Å². The highest BCUT2D eigenvalue weighted by Gasteiger charge is 2.32. The van der Waals surface area contributed by atoms with Gasteiger partial charge in [0.05, 0.1) is 34.3 Å². The average Bonchev–Trinajstić information content (AvgIpc) is 3.28. The second kappa shape index (κ2) is 9.40. The van der Waals surface area contributed by atoms with Crippen LogP contribution >= 0.6 is 0 Å². The Bertz CT molecular complexity index is 1090. The topological polar surface area (TPSA) is 86.9 Å². The van der Waals surface area contributed by atoms with Crippen molar-refractivity contribution < 1.29 is 23.5 Å². The monoisotopic (exact) mass is 437 g/mol. The minimum Gasteiger partial charge on any atom is -0.493 e. The van der Waals surface area contributed by atoms with Crippen LogP contribution in [0.2, 0.25) is 0 Å². The molecule has 0 N–H and O–H groups in total.